The SMILES string of the molecule is O=C([O-])c1ccccc1C1c2ccc(O)cc2Oc2cc(O)ccc21.[NH3+]C(CO)(CO)CO. The zero-order chi connectivity index (χ0) is 24.2. The highest BCUT2D eigenvalue weighted by Crippen LogP contribution is 2.49. The molecule has 0 aliphatic carbocycles. The zero-order valence-electron chi connectivity index (χ0n) is 17.6. The monoisotopic (exact) mass is 455 g/mol. The number of aliphatic hydroxyl groups is 3. The topological polar surface area (TPSA) is 178 Å². The smallest absolute Gasteiger partial charge is 0.164 e. The molecule has 8 N–H and O–H groups in total. The standard InChI is InChI=1S/C20H14O5.C4H11NO3/c21-11-5-7-15-17(9-11)25-18-10-12(22)6-8-16(18)19(15)13-3-1-2-4-14(13)20(23)24;5-4(1-6,2-7)3-8/h1-10,19,21-22H,(H,23,24);6-8H,1-3,5H2. The molecule has 0 saturated carbocycles. The molecule has 174 valence electrons. The maximum Gasteiger partial charge on any atom is 0.164 e. The molecule has 0 aromatic heterocycles. The Labute approximate surface area is 189 Å². The molecule has 0 fully saturated rings. The van der Waals surface area contributed by atoms with Gasteiger partial charge in [-0.25, -0.2) is 0 Å². The number of benzene rings is 3. The van der Waals surface area contributed by atoms with Gasteiger partial charge in [0, 0.05) is 34.7 Å². The number of phenolic OH excluding ortho intramolecular Hbond substituents is 2. The largest absolute Gasteiger partial charge is 0.545 e. The minimum atomic E-state index is -1.26. The Hall–Kier alpha value is -3.63. The van der Waals surface area contributed by atoms with Crippen molar-refractivity contribution in [1.29, 1.82) is 0 Å². The van der Waals surface area contributed by atoms with Gasteiger partial charge in [0.1, 0.15) is 42.8 Å². The fourth-order valence-electron chi connectivity index (χ4n) is 3.41. The highest BCUT2D eigenvalue weighted by atomic mass is 16.5. The van der Waals surface area contributed by atoms with Gasteiger partial charge in [0.15, 0.2) is 5.54 Å². The Morgan fingerprint density at radius 3 is 1.76 bits per heavy atom. The van der Waals surface area contributed by atoms with Crippen molar-refractivity contribution in [3.05, 3.63) is 82.9 Å². The quantitative estimate of drug-likeness (QED) is 0.237. The number of phenols is 2. The van der Waals surface area contributed by atoms with Gasteiger partial charge in [-0.15, -0.1) is 0 Å². The van der Waals surface area contributed by atoms with Crippen LogP contribution in [0.15, 0.2) is 60.7 Å². The molecule has 0 bridgehead atoms. The van der Waals surface area contributed by atoms with Gasteiger partial charge >= 0.3 is 0 Å². The Morgan fingerprint density at radius 2 is 1.33 bits per heavy atom. The molecular formula is C24H25NO8. The number of fused-ring (bicyclic) bond motifs is 2. The van der Waals surface area contributed by atoms with Crippen molar-refractivity contribution in [3.8, 4) is 23.0 Å². The number of rotatable bonds is 5. The lowest BCUT2D eigenvalue weighted by atomic mass is 9.80. The first kappa shape index (κ1) is 24.0. The Bertz CT molecular complexity index is 1080. The first-order chi connectivity index (χ1) is 15.7. The second-order valence-corrected chi connectivity index (χ2v) is 7.83. The maximum atomic E-state index is 11.6. The molecule has 3 aromatic carbocycles. The predicted molar refractivity (Wildman–Crippen MR) is 115 cm³/mol. The number of carbonyl (C=O) groups excluding carboxylic acids is 1. The number of aromatic carboxylic acids is 1. The molecule has 0 saturated heterocycles. The third-order valence-corrected chi connectivity index (χ3v) is 5.33. The second kappa shape index (κ2) is 9.88. The van der Waals surface area contributed by atoms with E-state index in [4.69, 9.17) is 20.1 Å². The van der Waals surface area contributed by atoms with E-state index in [1.807, 2.05) is 0 Å². The summed E-state index contributed by atoms with van der Waals surface area (Å²) in [6, 6.07) is 16.0. The number of aromatic hydroxyl groups is 2. The van der Waals surface area contributed by atoms with Gasteiger partial charge in [0.2, 0.25) is 0 Å². The average Bonchev–Trinajstić information content (AvgIpc) is 2.82. The first-order valence-corrected chi connectivity index (χ1v) is 10.0. The lowest BCUT2D eigenvalue weighted by Gasteiger charge is -2.30. The molecule has 33 heavy (non-hydrogen) atoms. The third-order valence-electron chi connectivity index (χ3n) is 5.33. The number of hydrogen-bond acceptors (Lipinski definition) is 8. The van der Waals surface area contributed by atoms with E-state index in [-0.39, 0.29) is 36.9 Å². The summed E-state index contributed by atoms with van der Waals surface area (Å²) in [7, 11) is 0. The molecule has 0 unspecified atom stereocenters. The van der Waals surface area contributed by atoms with Crippen molar-refractivity contribution < 1.29 is 45.9 Å². The second-order valence-electron chi connectivity index (χ2n) is 7.83. The van der Waals surface area contributed by atoms with E-state index in [9.17, 15) is 20.1 Å². The number of ether oxygens (including phenoxy) is 1. The molecule has 9 heteroatoms. The molecule has 0 spiro atoms. The van der Waals surface area contributed by atoms with Gasteiger partial charge in [0.25, 0.3) is 0 Å². The summed E-state index contributed by atoms with van der Waals surface area (Å²) in [6.45, 7) is -0.875. The maximum absolute atomic E-state index is 11.6. The van der Waals surface area contributed by atoms with Crippen molar-refractivity contribution >= 4 is 5.97 Å². The van der Waals surface area contributed by atoms with Gasteiger partial charge in [0.05, 0.1) is 5.97 Å². The van der Waals surface area contributed by atoms with Crippen LogP contribution in [0.4, 0.5) is 0 Å². The summed E-state index contributed by atoms with van der Waals surface area (Å²) in [5.41, 5.74) is 4.52. The molecular weight excluding hydrogens is 430 g/mol. The van der Waals surface area contributed by atoms with Crippen LogP contribution in [0.25, 0.3) is 0 Å². The van der Waals surface area contributed by atoms with Crippen LogP contribution < -0.4 is 15.6 Å². The van der Waals surface area contributed by atoms with Gasteiger partial charge in [-0.3, -0.25) is 0 Å². The fourth-order valence-corrected chi connectivity index (χ4v) is 3.41. The average molecular weight is 455 g/mol. The molecule has 0 amide bonds. The predicted octanol–water partition coefficient (Wildman–Crippen LogP) is -0.309. The van der Waals surface area contributed by atoms with Crippen LogP contribution in [-0.2, 0) is 0 Å². The molecule has 1 aliphatic rings. The van der Waals surface area contributed by atoms with Crippen molar-refractivity contribution in [3.63, 3.8) is 0 Å². The van der Waals surface area contributed by atoms with Crippen molar-refractivity contribution in [1.82, 2.24) is 0 Å². The minimum Gasteiger partial charge on any atom is -0.545 e. The molecule has 9 nitrogen and oxygen atoms in total. The third kappa shape index (κ3) is 5.07. The van der Waals surface area contributed by atoms with E-state index in [1.54, 1.807) is 30.3 Å². The number of hydrogen-bond donors (Lipinski definition) is 6. The molecule has 4 rings (SSSR count). The lowest BCUT2D eigenvalue weighted by molar-refractivity contribution is -0.494. The summed E-state index contributed by atoms with van der Waals surface area (Å²) < 4.78 is 5.81. The zero-order valence-corrected chi connectivity index (χ0v) is 17.6. The molecule has 1 heterocycles. The molecule has 0 atom stereocenters. The normalized spacial score (nSPS) is 12.6. The number of carboxylic acid groups (broad SMARTS) is 1. The van der Waals surface area contributed by atoms with E-state index < -0.39 is 17.4 Å². The van der Waals surface area contributed by atoms with Crippen molar-refractivity contribution in [2.24, 2.45) is 0 Å². The Kier molecular flexibility index (Phi) is 7.19. The molecule has 0 radical (unpaired) electrons. The van der Waals surface area contributed by atoms with Crippen LogP contribution in [0.1, 0.15) is 33.0 Å². The van der Waals surface area contributed by atoms with E-state index in [1.165, 1.54) is 30.3 Å². The summed E-state index contributed by atoms with van der Waals surface area (Å²) in [5, 5.41) is 56.3. The van der Waals surface area contributed by atoms with Crippen LogP contribution in [0.3, 0.4) is 0 Å². The van der Waals surface area contributed by atoms with Gasteiger partial charge < -0.3 is 45.9 Å². The van der Waals surface area contributed by atoms with Crippen molar-refractivity contribution in [2.45, 2.75) is 11.5 Å². The molecule has 3 aromatic rings. The number of carboxylic acids is 1. The summed E-state index contributed by atoms with van der Waals surface area (Å²) in [4.78, 5) is 11.6. The van der Waals surface area contributed by atoms with Crippen LogP contribution in [0.2, 0.25) is 0 Å². The van der Waals surface area contributed by atoms with Gasteiger partial charge in [-0.1, -0.05) is 36.4 Å². The lowest BCUT2D eigenvalue weighted by Crippen LogP contribution is -2.78. The molecule has 1 aliphatic heterocycles. The highest BCUT2D eigenvalue weighted by molar-refractivity contribution is 5.88. The number of quaternary nitrogens is 1. The summed E-state index contributed by atoms with van der Waals surface area (Å²) in [5.74, 6) is -0.784. The fraction of sp³-hybridized carbons (Fsp3) is 0.208. The van der Waals surface area contributed by atoms with Gasteiger partial charge in [-0.05, 0) is 17.7 Å². The first-order valence-electron chi connectivity index (χ1n) is 10.0. The Morgan fingerprint density at radius 1 is 0.848 bits per heavy atom. The number of carbonyl (C=O) groups is 1. The Balaban J connectivity index is 0.000000331. The summed E-state index contributed by atoms with van der Waals surface area (Å²) >= 11 is 0. The van der Waals surface area contributed by atoms with E-state index in [2.05, 4.69) is 5.73 Å². The van der Waals surface area contributed by atoms with Crippen molar-refractivity contribution in [2.75, 3.05) is 19.8 Å². The van der Waals surface area contributed by atoms with Crippen LogP contribution in [0, 0.1) is 0 Å². The van der Waals surface area contributed by atoms with Crippen LogP contribution >= 0.6 is 0 Å². The van der Waals surface area contributed by atoms with E-state index in [0.717, 1.165) is 11.1 Å². The summed E-state index contributed by atoms with van der Waals surface area (Å²) in [6.07, 6.45) is 0. The van der Waals surface area contributed by atoms with Crippen LogP contribution in [-0.4, -0.2) is 56.9 Å². The van der Waals surface area contributed by atoms with Gasteiger partial charge in [-0.2, -0.15) is 0 Å². The number of aliphatic hydroxyl groups excluding tert-OH is 3. The van der Waals surface area contributed by atoms with Crippen LogP contribution in [0.5, 0.6) is 23.0 Å². The highest BCUT2D eigenvalue weighted by Gasteiger charge is 2.31. The van der Waals surface area contributed by atoms with E-state index >= 15 is 0 Å². The van der Waals surface area contributed by atoms with E-state index in [0.29, 0.717) is 17.1 Å². The minimum absolute atomic E-state index is 0.0364.